The third-order valence-electron chi connectivity index (χ3n) is 3.21. The fourth-order valence-corrected chi connectivity index (χ4v) is 2.23. The zero-order valence-corrected chi connectivity index (χ0v) is 12.7. The maximum atomic E-state index is 5.64. The average molecular weight is 271 g/mol. The molecule has 0 atom stereocenters. The van der Waals surface area contributed by atoms with Crippen molar-refractivity contribution in [3.05, 3.63) is 35.4 Å². The van der Waals surface area contributed by atoms with Gasteiger partial charge in [0.2, 0.25) is 0 Å². The Balaban J connectivity index is 2.69. The molecule has 0 radical (unpaired) electrons. The first-order valence-corrected chi connectivity index (χ1v) is 6.61. The lowest BCUT2D eigenvalue weighted by Gasteiger charge is -2.24. The summed E-state index contributed by atoms with van der Waals surface area (Å²) >= 11 is 0. The number of ether oxygens (including phenoxy) is 1. The van der Waals surface area contributed by atoms with Crippen molar-refractivity contribution in [1.82, 2.24) is 10.2 Å². The Hall–Kier alpha value is -2.10. The first-order valence-electron chi connectivity index (χ1n) is 6.61. The standard InChI is InChI=1S/C16H21N3O/c1-10-8-11(13-6-7-14(17)19-18-13)15(20-5)12(9-10)16(2,3)4/h6-9H,1-5H3,(H2,17,19). The summed E-state index contributed by atoms with van der Waals surface area (Å²) in [4.78, 5) is 0. The van der Waals surface area contributed by atoms with E-state index in [1.165, 1.54) is 5.56 Å². The van der Waals surface area contributed by atoms with Gasteiger partial charge < -0.3 is 10.5 Å². The summed E-state index contributed by atoms with van der Waals surface area (Å²) in [6, 6.07) is 7.84. The van der Waals surface area contributed by atoms with Gasteiger partial charge in [-0.2, -0.15) is 0 Å². The van der Waals surface area contributed by atoms with E-state index in [1.807, 2.05) is 6.07 Å². The van der Waals surface area contributed by atoms with Crippen LogP contribution < -0.4 is 10.5 Å². The van der Waals surface area contributed by atoms with Crippen molar-refractivity contribution < 1.29 is 4.74 Å². The van der Waals surface area contributed by atoms with E-state index >= 15 is 0 Å². The Labute approximate surface area is 120 Å². The smallest absolute Gasteiger partial charge is 0.146 e. The molecule has 1 aromatic carbocycles. The zero-order valence-electron chi connectivity index (χ0n) is 12.7. The van der Waals surface area contributed by atoms with E-state index in [0.29, 0.717) is 5.82 Å². The van der Waals surface area contributed by atoms with Gasteiger partial charge in [0.15, 0.2) is 0 Å². The van der Waals surface area contributed by atoms with Gasteiger partial charge in [-0.1, -0.05) is 26.8 Å². The van der Waals surface area contributed by atoms with Gasteiger partial charge in [-0.15, -0.1) is 10.2 Å². The van der Waals surface area contributed by atoms with Gasteiger partial charge in [-0.25, -0.2) is 0 Å². The molecule has 0 spiro atoms. The molecular weight excluding hydrogens is 250 g/mol. The largest absolute Gasteiger partial charge is 0.496 e. The van der Waals surface area contributed by atoms with Gasteiger partial charge in [0.1, 0.15) is 11.6 Å². The second-order valence-electron chi connectivity index (χ2n) is 5.99. The van der Waals surface area contributed by atoms with Crippen molar-refractivity contribution in [2.75, 3.05) is 12.8 Å². The fraction of sp³-hybridized carbons (Fsp3) is 0.375. The number of aryl methyl sites for hydroxylation is 1. The Morgan fingerprint density at radius 3 is 2.30 bits per heavy atom. The number of hydrogen-bond donors (Lipinski definition) is 1. The van der Waals surface area contributed by atoms with Crippen molar-refractivity contribution in [2.45, 2.75) is 33.1 Å². The second kappa shape index (κ2) is 5.12. The Morgan fingerprint density at radius 2 is 1.80 bits per heavy atom. The molecule has 0 aliphatic heterocycles. The van der Waals surface area contributed by atoms with E-state index in [-0.39, 0.29) is 5.41 Å². The quantitative estimate of drug-likeness (QED) is 0.910. The molecule has 0 aliphatic carbocycles. The zero-order chi connectivity index (χ0) is 14.9. The van der Waals surface area contributed by atoms with Crippen LogP contribution in [0.4, 0.5) is 5.82 Å². The second-order valence-corrected chi connectivity index (χ2v) is 5.99. The molecule has 2 N–H and O–H groups in total. The molecule has 0 amide bonds. The number of aromatic nitrogens is 2. The fourth-order valence-electron chi connectivity index (χ4n) is 2.23. The molecule has 0 saturated heterocycles. The first kappa shape index (κ1) is 14.3. The van der Waals surface area contributed by atoms with Crippen molar-refractivity contribution >= 4 is 5.82 Å². The lowest BCUT2D eigenvalue weighted by Crippen LogP contribution is -2.14. The van der Waals surface area contributed by atoms with Crippen LogP contribution >= 0.6 is 0 Å². The minimum absolute atomic E-state index is 0.00660. The predicted octanol–water partition coefficient (Wildman–Crippen LogP) is 3.34. The molecule has 1 heterocycles. The van der Waals surface area contributed by atoms with Gasteiger partial charge in [0.05, 0.1) is 12.8 Å². The number of rotatable bonds is 2. The van der Waals surface area contributed by atoms with E-state index in [9.17, 15) is 0 Å². The Kier molecular flexibility index (Phi) is 3.66. The van der Waals surface area contributed by atoms with E-state index < -0.39 is 0 Å². The molecule has 1 aromatic heterocycles. The molecule has 20 heavy (non-hydrogen) atoms. The SMILES string of the molecule is COc1c(-c2ccc(N)nn2)cc(C)cc1C(C)(C)C. The summed E-state index contributed by atoms with van der Waals surface area (Å²) in [5, 5.41) is 8.09. The van der Waals surface area contributed by atoms with E-state index in [4.69, 9.17) is 10.5 Å². The number of methoxy groups -OCH3 is 1. The molecule has 4 nitrogen and oxygen atoms in total. The minimum Gasteiger partial charge on any atom is -0.496 e. The van der Waals surface area contributed by atoms with Crippen LogP contribution in [0.3, 0.4) is 0 Å². The van der Waals surface area contributed by atoms with Crippen LogP contribution in [0.5, 0.6) is 5.75 Å². The van der Waals surface area contributed by atoms with Gasteiger partial charge in [0.25, 0.3) is 0 Å². The van der Waals surface area contributed by atoms with Crippen LogP contribution in [0.1, 0.15) is 31.9 Å². The van der Waals surface area contributed by atoms with Gasteiger partial charge in [0, 0.05) is 11.1 Å². The van der Waals surface area contributed by atoms with E-state index in [0.717, 1.165) is 22.6 Å². The molecule has 0 aliphatic rings. The average Bonchev–Trinajstić information content (AvgIpc) is 2.37. The highest BCUT2D eigenvalue weighted by atomic mass is 16.5. The summed E-state index contributed by atoms with van der Waals surface area (Å²) in [5.41, 5.74) is 9.64. The summed E-state index contributed by atoms with van der Waals surface area (Å²) in [6.45, 7) is 8.58. The van der Waals surface area contributed by atoms with Crippen LogP contribution in [0.25, 0.3) is 11.3 Å². The van der Waals surface area contributed by atoms with E-state index in [2.05, 4.69) is 50.0 Å². The van der Waals surface area contributed by atoms with Gasteiger partial charge in [-0.05, 0) is 36.1 Å². The lowest BCUT2D eigenvalue weighted by atomic mass is 9.83. The van der Waals surface area contributed by atoms with Crippen molar-refractivity contribution in [3.8, 4) is 17.0 Å². The van der Waals surface area contributed by atoms with Gasteiger partial charge in [-0.3, -0.25) is 0 Å². The highest BCUT2D eigenvalue weighted by Crippen LogP contribution is 2.39. The number of nitrogens with two attached hydrogens (primary N) is 1. The lowest BCUT2D eigenvalue weighted by molar-refractivity contribution is 0.399. The monoisotopic (exact) mass is 271 g/mol. The Bertz CT molecular complexity index is 613. The van der Waals surface area contributed by atoms with Crippen molar-refractivity contribution in [1.29, 1.82) is 0 Å². The highest BCUT2D eigenvalue weighted by Gasteiger charge is 2.22. The number of nitrogens with zero attached hydrogens (tertiary/aromatic N) is 2. The van der Waals surface area contributed by atoms with Crippen LogP contribution in [0.15, 0.2) is 24.3 Å². The highest BCUT2D eigenvalue weighted by molar-refractivity contribution is 5.71. The third-order valence-corrected chi connectivity index (χ3v) is 3.21. The molecule has 0 fully saturated rings. The number of anilines is 1. The topological polar surface area (TPSA) is 61.0 Å². The van der Waals surface area contributed by atoms with Crippen LogP contribution in [-0.4, -0.2) is 17.3 Å². The van der Waals surface area contributed by atoms with E-state index in [1.54, 1.807) is 13.2 Å². The molecule has 0 saturated carbocycles. The molecule has 2 rings (SSSR count). The molecular formula is C16H21N3O. The summed E-state index contributed by atoms with van der Waals surface area (Å²) in [7, 11) is 1.69. The van der Waals surface area contributed by atoms with Crippen molar-refractivity contribution in [3.63, 3.8) is 0 Å². The molecule has 0 unspecified atom stereocenters. The molecule has 2 aromatic rings. The maximum Gasteiger partial charge on any atom is 0.146 e. The predicted molar refractivity (Wildman–Crippen MR) is 81.9 cm³/mol. The van der Waals surface area contributed by atoms with Gasteiger partial charge >= 0.3 is 0 Å². The summed E-state index contributed by atoms with van der Waals surface area (Å²) in [6.07, 6.45) is 0. The molecule has 0 bridgehead atoms. The maximum absolute atomic E-state index is 5.64. The first-order chi connectivity index (χ1) is 9.32. The number of benzene rings is 1. The number of hydrogen-bond acceptors (Lipinski definition) is 4. The number of nitrogen functional groups attached to an aromatic ring is 1. The molecule has 106 valence electrons. The van der Waals surface area contributed by atoms with Crippen LogP contribution in [-0.2, 0) is 5.41 Å². The Morgan fingerprint density at radius 1 is 1.10 bits per heavy atom. The normalized spacial score (nSPS) is 11.4. The van der Waals surface area contributed by atoms with Crippen LogP contribution in [0.2, 0.25) is 0 Å². The molecule has 4 heteroatoms. The van der Waals surface area contributed by atoms with Crippen molar-refractivity contribution in [2.24, 2.45) is 0 Å². The van der Waals surface area contributed by atoms with Crippen LogP contribution in [0, 0.1) is 6.92 Å². The third kappa shape index (κ3) is 2.74. The summed E-state index contributed by atoms with van der Waals surface area (Å²) < 4.78 is 5.64. The minimum atomic E-state index is -0.00660. The summed E-state index contributed by atoms with van der Waals surface area (Å²) in [5.74, 6) is 1.26.